The topological polar surface area (TPSA) is 55.4 Å². The second-order valence-corrected chi connectivity index (χ2v) is 6.98. The van der Waals surface area contributed by atoms with Crippen LogP contribution in [0.1, 0.15) is 31.7 Å². The van der Waals surface area contributed by atoms with Crippen LogP contribution in [-0.2, 0) is 14.3 Å². The third-order valence-corrected chi connectivity index (χ3v) is 5.15. The fourth-order valence-corrected chi connectivity index (χ4v) is 3.31. The Morgan fingerprint density at radius 3 is 2.38 bits per heavy atom. The van der Waals surface area contributed by atoms with Gasteiger partial charge in [0.25, 0.3) is 5.91 Å². The molecule has 5 heteroatoms. The maximum absolute atomic E-state index is 12.6. The molecule has 1 N–H and O–H groups in total. The Morgan fingerprint density at radius 2 is 1.73 bits per heavy atom. The molecule has 138 valence electrons. The number of para-hydroxylation sites is 1. The van der Waals surface area contributed by atoms with Gasteiger partial charge in [-0.3, -0.25) is 9.59 Å². The molecule has 0 aliphatic heterocycles. The molecule has 0 aromatic heterocycles. The lowest BCUT2D eigenvalue weighted by Crippen LogP contribution is -2.27. The van der Waals surface area contributed by atoms with Crippen LogP contribution in [0.3, 0.4) is 0 Å². The number of hydrogen-bond donors (Lipinski definition) is 1. The van der Waals surface area contributed by atoms with Crippen LogP contribution in [0, 0.1) is 5.92 Å². The number of hydrogen-bond acceptors (Lipinski definition) is 4. The highest BCUT2D eigenvalue weighted by Crippen LogP contribution is 2.28. The van der Waals surface area contributed by atoms with Crippen molar-refractivity contribution in [2.45, 2.75) is 31.1 Å². The smallest absolute Gasteiger partial charge is 0.314 e. The van der Waals surface area contributed by atoms with Crippen molar-refractivity contribution >= 4 is 29.3 Å². The molecule has 0 saturated heterocycles. The molecule has 0 saturated carbocycles. The van der Waals surface area contributed by atoms with E-state index in [0.717, 1.165) is 22.6 Å². The molecule has 0 aliphatic rings. The number of rotatable bonds is 8. The van der Waals surface area contributed by atoms with Gasteiger partial charge in [0.1, 0.15) is 0 Å². The number of nitrogens with one attached hydrogen (secondary N) is 1. The Morgan fingerprint density at radius 1 is 1.08 bits per heavy atom. The molecule has 0 aliphatic carbocycles. The quantitative estimate of drug-likeness (QED) is 0.539. The average Bonchev–Trinajstić information content (AvgIpc) is 2.67. The lowest BCUT2D eigenvalue weighted by Gasteiger charge is -2.21. The Balaban J connectivity index is 2.00. The Kier molecular flexibility index (Phi) is 7.73. The van der Waals surface area contributed by atoms with Crippen LogP contribution >= 0.6 is 11.8 Å². The summed E-state index contributed by atoms with van der Waals surface area (Å²) in [4.78, 5) is 25.8. The number of benzene rings is 2. The predicted molar refractivity (Wildman–Crippen MR) is 106 cm³/mol. The van der Waals surface area contributed by atoms with Gasteiger partial charge >= 0.3 is 5.97 Å². The predicted octanol–water partition coefficient (Wildman–Crippen LogP) is 4.72. The summed E-state index contributed by atoms with van der Waals surface area (Å²) >= 11 is 1.55. The van der Waals surface area contributed by atoms with E-state index in [9.17, 15) is 9.59 Å². The summed E-state index contributed by atoms with van der Waals surface area (Å²) in [6.07, 6.45) is 2.80. The third kappa shape index (κ3) is 5.36. The first-order chi connectivity index (χ1) is 12.6. The second-order valence-electron chi connectivity index (χ2n) is 6.13. The molecule has 2 rings (SSSR count). The third-order valence-electron chi connectivity index (χ3n) is 4.35. The summed E-state index contributed by atoms with van der Waals surface area (Å²) in [6, 6.07) is 17.1. The van der Waals surface area contributed by atoms with Crippen molar-refractivity contribution in [1.82, 2.24) is 0 Å². The number of thioether (sulfide) groups is 1. The maximum atomic E-state index is 12.6. The number of ether oxygens (including phenoxy) is 1. The van der Waals surface area contributed by atoms with Gasteiger partial charge in [0, 0.05) is 4.90 Å². The van der Waals surface area contributed by atoms with Gasteiger partial charge in [0.2, 0.25) is 0 Å². The van der Waals surface area contributed by atoms with E-state index in [4.69, 9.17) is 4.74 Å². The second kappa shape index (κ2) is 10.0. The molecule has 0 heterocycles. The molecule has 0 bridgehead atoms. The van der Waals surface area contributed by atoms with Crippen LogP contribution in [0.15, 0.2) is 59.5 Å². The number of carbonyl (C=O) groups excluding carboxylic acids is 2. The lowest BCUT2D eigenvalue weighted by molar-refractivity contribution is -0.150. The average molecular weight is 372 g/mol. The van der Waals surface area contributed by atoms with E-state index in [1.54, 1.807) is 11.8 Å². The van der Waals surface area contributed by atoms with E-state index < -0.39 is 0 Å². The van der Waals surface area contributed by atoms with Crippen molar-refractivity contribution in [3.05, 3.63) is 60.2 Å². The van der Waals surface area contributed by atoms with Crippen LogP contribution in [-0.4, -0.2) is 24.7 Å². The van der Waals surface area contributed by atoms with Crippen molar-refractivity contribution in [3.8, 4) is 0 Å². The summed E-state index contributed by atoms with van der Waals surface area (Å²) in [6.45, 7) is 3.77. The molecule has 4 nitrogen and oxygen atoms in total. The van der Waals surface area contributed by atoms with E-state index in [-0.39, 0.29) is 30.3 Å². The minimum absolute atomic E-state index is 0.130. The maximum Gasteiger partial charge on any atom is 0.314 e. The standard InChI is InChI=1S/C21H25NO3S/c1-4-15(2)20(16-10-6-5-7-11-16)21(24)25-14-19(23)22-17-12-8-9-13-18(17)26-3/h5-13,15,20H,4,14H2,1-3H3,(H,22,23). The first kappa shape index (κ1) is 20.0. The van der Waals surface area contributed by atoms with Crippen LogP contribution in [0.2, 0.25) is 0 Å². The van der Waals surface area contributed by atoms with Gasteiger partial charge in [-0.15, -0.1) is 11.8 Å². The fourth-order valence-electron chi connectivity index (χ4n) is 2.75. The molecule has 2 unspecified atom stereocenters. The highest BCUT2D eigenvalue weighted by Gasteiger charge is 2.27. The molecular weight excluding hydrogens is 346 g/mol. The minimum atomic E-state index is -0.368. The summed E-state index contributed by atoms with van der Waals surface area (Å²) in [7, 11) is 0. The molecule has 0 fully saturated rings. The van der Waals surface area contributed by atoms with Crippen LogP contribution in [0.25, 0.3) is 0 Å². The molecule has 0 spiro atoms. The summed E-state index contributed by atoms with van der Waals surface area (Å²) in [5.74, 6) is -0.938. The number of anilines is 1. The molecule has 26 heavy (non-hydrogen) atoms. The van der Waals surface area contributed by atoms with Crippen molar-refractivity contribution in [3.63, 3.8) is 0 Å². The van der Waals surface area contributed by atoms with Crippen molar-refractivity contribution in [2.24, 2.45) is 5.92 Å². The molecule has 2 atom stereocenters. The summed E-state index contributed by atoms with van der Waals surface area (Å²) in [5.41, 5.74) is 1.64. The molecule has 2 aromatic rings. The normalized spacial score (nSPS) is 12.9. The summed E-state index contributed by atoms with van der Waals surface area (Å²) in [5, 5.41) is 2.80. The number of amides is 1. The van der Waals surface area contributed by atoms with Gasteiger partial charge in [-0.25, -0.2) is 0 Å². The van der Waals surface area contributed by atoms with Crippen molar-refractivity contribution in [2.75, 3.05) is 18.2 Å². The fraction of sp³-hybridized carbons (Fsp3) is 0.333. The van der Waals surface area contributed by atoms with Gasteiger partial charge in [0.05, 0.1) is 11.6 Å². The SMILES string of the molecule is CCC(C)C(C(=O)OCC(=O)Nc1ccccc1SC)c1ccccc1. The largest absolute Gasteiger partial charge is 0.455 e. The monoisotopic (exact) mass is 371 g/mol. The first-order valence-electron chi connectivity index (χ1n) is 8.71. The van der Waals surface area contributed by atoms with Crippen LogP contribution in [0.5, 0.6) is 0 Å². The van der Waals surface area contributed by atoms with Gasteiger partial charge in [-0.1, -0.05) is 62.7 Å². The lowest BCUT2D eigenvalue weighted by atomic mass is 9.86. The molecule has 0 radical (unpaired) electrons. The Hall–Kier alpha value is -2.27. The molecule has 2 aromatic carbocycles. The zero-order chi connectivity index (χ0) is 18.9. The highest BCUT2D eigenvalue weighted by molar-refractivity contribution is 7.98. The zero-order valence-electron chi connectivity index (χ0n) is 15.4. The first-order valence-corrected chi connectivity index (χ1v) is 9.93. The molecule has 1 amide bonds. The van der Waals surface area contributed by atoms with E-state index >= 15 is 0 Å². The van der Waals surface area contributed by atoms with E-state index in [1.165, 1.54) is 0 Å². The number of esters is 1. The van der Waals surface area contributed by atoms with Crippen LogP contribution in [0.4, 0.5) is 5.69 Å². The van der Waals surface area contributed by atoms with Gasteiger partial charge < -0.3 is 10.1 Å². The zero-order valence-corrected chi connectivity index (χ0v) is 16.2. The van der Waals surface area contributed by atoms with Crippen molar-refractivity contribution < 1.29 is 14.3 Å². The van der Waals surface area contributed by atoms with Gasteiger partial charge in [0.15, 0.2) is 6.61 Å². The van der Waals surface area contributed by atoms with Crippen LogP contribution < -0.4 is 5.32 Å². The Bertz CT molecular complexity index is 733. The molecular formula is C21H25NO3S. The number of carbonyl (C=O) groups is 2. The van der Waals surface area contributed by atoms with Gasteiger partial charge in [-0.05, 0) is 29.9 Å². The minimum Gasteiger partial charge on any atom is -0.455 e. The van der Waals surface area contributed by atoms with E-state index in [1.807, 2.05) is 74.7 Å². The Labute approximate surface area is 159 Å². The van der Waals surface area contributed by atoms with E-state index in [2.05, 4.69) is 5.32 Å². The highest BCUT2D eigenvalue weighted by atomic mass is 32.2. The van der Waals surface area contributed by atoms with Gasteiger partial charge in [-0.2, -0.15) is 0 Å². The van der Waals surface area contributed by atoms with E-state index in [0.29, 0.717) is 0 Å². The summed E-state index contributed by atoms with van der Waals surface area (Å²) < 4.78 is 5.33. The van der Waals surface area contributed by atoms with Crippen molar-refractivity contribution in [1.29, 1.82) is 0 Å².